The molecule has 0 aliphatic heterocycles. The first-order chi connectivity index (χ1) is 8.74. The van der Waals surface area contributed by atoms with Crippen LogP contribution < -0.4 is 5.32 Å². The van der Waals surface area contributed by atoms with Crippen LogP contribution >= 0.6 is 11.8 Å². The molecule has 0 fully saturated rings. The predicted octanol–water partition coefficient (Wildman–Crippen LogP) is 2.61. The van der Waals surface area contributed by atoms with Gasteiger partial charge < -0.3 is 5.32 Å². The molecule has 0 saturated heterocycles. The second-order valence-electron chi connectivity index (χ2n) is 3.44. The highest BCUT2D eigenvalue weighted by Crippen LogP contribution is 2.28. The summed E-state index contributed by atoms with van der Waals surface area (Å²) in [5, 5.41) is 12.4. The van der Waals surface area contributed by atoms with E-state index in [-0.39, 0.29) is 11.3 Å². The number of nitro groups is 1. The zero-order chi connectivity index (χ0) is 14.6. The van der Waals surface area contributed by atoms with Gasteiger partial charge in [-0.1, -0.05) is 0 Å². The number of nitro benzene ring substituents is 1. The van der Waals surface area contributed by atoms with E-state index in [0.717, 1.165) is 17.8 Å². The molecule has 1 rings (SSSR count). The highest BCUT2D eigenvalue weighted by atomic mass is 32.2. The van der Waals surface area contributed by atoms with Gasteiger partial charge in [0.1, 0.15) is 6.54 Å². The Labute approximate surface area is 110 Å². The molecule has 19 heavy (non-hydrogen) atoms. The number of hydrogen-bond acceptors (Lipinski definition) is 4. The maximum absolute atomic E-state index is 11.9. The molecular formula is C10H9F3N2O3S. The molecule has 0 aromatic heterocycles. The minimum atomic E-state index is -4.53. The van der Waals surface area contributed by atoms with Gasteiger partial charge in [0.05, 0.1) is 9.82 Å². The van der Waals surface area contributed by atoms with E-state index < -0.39 is 23.6 Å². The zero-order valence-electron chi connectivity index (χ0n) is 9.65. The molecule has 0 spiro atoms. The number of halogens is 3. The summed E-state index contributed by atoms with van der Waals surface area (Å²) in [6, 6.07) is 3.52. The third kappa shape index (κ3) is 4.43. The Morgan fingerprint density at radius 2 is 2.11 bits per heavy atom. The molecule has 5 nitrogen and oxygen atoms in total. The first-order valence-corrected chi connectivity index (χ1v) is 6.14. The lowest BCUT2D eigenvalue weighted by atomic mass is 10.2. The molecule has 0 unspecified atom stereocenters. The van der Waals surface area contributed by atoms with Gasteiger partial charge in [0, 0.05) is 11.6 Å². The number of rotatable bonds is 4. The van der Waals surface area contributed by atoms with Crippen LogP contribution in [0.2, 0.25) is 0 Å². The van der Waals surface area contributed by atoms with Gasteiger partial charge >= 0.3 is 6.18 Å². The van der Waals surface area contributed by atoms with E-state index in [1.165, 1.54) is 12.1 Å². The van der Waals surface area contributed by atoms with Crippen molar-refractivity contribution in [2.45, 2.75) is 11.1 Å². The molecule has 0 aliphatic rings. The molecule has 0 aliphatic carbocycles. The van der Waals surface area contributed by atoms with Gasteiger partial charge in [0.25, 0.3) is 11.6 Å². The van der Waals surface area contributed by atoms with Crippen molar-refractivity contribution < 1.29 is 22.9 Å². The van der Waals surface area contributed by atoms with Crippen LogP contribution in [0.15, 0.2) is 23.1 Å². The molecule has 0 atom stereocenters. The first-order valence-electron chi connectivity index (χ1n) is 4.92. The molecule has 0 saturated carbocycles. The normalized spacial score (nSPS) is 11.2. The molecule has 1 amide bonds. The fraction of sp³-hybridized carbons (Fsp3) is 0.300. The number of amides is 1. The maximum Gasteiger partial charge on any atom is 0.405 e. The Morgan fingerprint density at radius 3 is 2.58 bits per heavy atom. The highest BCUT2D eigenvalue weighted by Gasteiger charge is 2.28. The van der Waals surface area contributed by atoms with Crippen LogP contribution in [0, 0.1) is 10.1 Å². The summed E-state index contributed by atoms with van der Waals surface area (Å²) >= 11 is 1.11. The lowest BCUT2D eigenvalue weighted by Crippen LogP contribution is -2.33. The lowest BCUT2D eigenvalue weighted by Gasteiger charge is -2.08. The number of alkyl halides is 3. The maximum atomic E-state index is 11.9. The predicted molar refractivity (Wildman–Crippen MR) is 63.3 cm³/mol. The zero-order valence-corrected chi connectivity index (χ0v) is 10.5. The van der Waals surface area contributed by atoms with Gasteiger partial charge in [-0.15, -0.1) is 11.8 Å². The second-order valence-corrected chi connectivity index (χ2v) is 4.29. The van der Waals surface area contributed by atoms with Gasteiger partial charge in [-0.2, -0.15) is 13.2 Å². The van der Waals surface area contributed by atoms with Crippen LogP contribution in [0.3, 0.4) is 0 Å². The number of hydrogen-bond donors (Lipinski definition) is 1. The Bertz CT molecular complexity index is 505. The van der Waals surface area contributed by atoms with E-state index in [4.69, 9.17) is 0 Å². The molecule has 0 bridgehead atoms. The standard InChI is InChI=1S/C10H9F3N2O3S/c1-19-8-3-2-6(4-7(8)15(17)18)9(16)14-5-10(11,12)13/h2-4H,5H2,1H3,(H,14,16). The van der Waals surface area contributed by atoms with Crippen molar-refractivity contribution in [1.29, 1.82) is 0 Å². The first kappa shape index (κ1) is 15.3. The van der Waals surface area contributed by atoms with Gasteiger partial charge in [-0.05, 0) is 18.4 Å². The molecule has 1 N–H and O–H groups in total. The second kappa shape index (κ2) is 5.91. The Kier molecular flexibility index (Phi) is 4.76. The van der Waals surface area contributed by atoms with E-state index in [9.17, 15) is 28.1 Å². The lowest BCUT2D eigenvalue weighted by molar-refractivity contribution is -0.387. The molecule has 1 aromatic rings. The average molecular weight is 294 g/mol. The van der Waals surface area contributed by atoms with Gasteiger partial charge in [0.2, 0.25) is 0 Å². The van der Waals surface area contributed by atoms with Crippen LogP contribution in [0.25, 0.3) is 0 Å². The van der Waals surface area contributed by atoms with Crippen molar-refractivity contribution in [1.82, 2.24) is 5.32 Å². The van der Waals surface area contributed by atoms with Crippen LogP contribution in [0.1, 0.15) is 10.4 Å². The number of nitrogens with one attached hydrogen (secondary N) is 1. The number of benzene rings is 1. The minimum absolute atomic E-state index is 0.186. The fourth-order valence-corrected chi connectivity index (χ4v) is 1.80. The van der Waals surface area contributed by atoms with Crippen molar-refractivity contribution in [2.24, 2.45) is 0 Å². The summed E-state index contributed by atoms with van der Waals surface area (Å²) in [5.74, 6) is -1.01. The molecule has 0 radical (unpaired) electrons. The van der Waals surface area contributed by atoms with E-state index in [0.29, 0.717) is 4.90 Å². The summed E-state index contributed by atoms with van der Waals surface area (Å²) in [4.78, 5) is 21.8. The smallest absolute Gasteiger partial charge is 0.343 e. The Morgan fingerprint density at radius 1 is 1.47 bits per heavy atom. The van der Waals surface area contributed by atoms with Crippen molar-refractivity contribution >= 4 is 23.4 Å². The molecule has 9 heteroatoms. The van der Waals surface area contributed by atoms with Crippen molar-refractivity contribution in [3.63, 3.8) is 0 Å². The van der Waals surface area contributed by atoms with Crippen LogP contribution in [-0.4, -0.2) is 29.8 Å². The molecule has 104 valence electrons. The van der Waals surface area contributed by atoms with Gasteiger partial charge in [-0.3, -0.25) is 14.9 Å². The summed E-state index contributed by atoms with van der Waals surface area (Å²) in [6.07, 6.45) is -2.91. The fourth-order valence-electron chi connectivity index (χ4n) is 1.26. The van der Waals surface area contributed by atoms with Crippen LogP contribution in [-0.2, 0) is 0 Å². The number of carbonyl (C=O) groups is 1. The molecule has 1 aromatic carbocycles. The summed E-state index contributed by atoms with van der Waals surface area (Å²) in [6.45, 7) is -1.48. The van der Waals surface area contributed by atoms with Crippen molar-refractivity contribution in [2.75, 3.05) is 12.8 Å². The number of carbonyl (C=O) groups excluding carboxylic acids is 1. The van der Waals surface area contributed by atoms with E-state index in [1.54, 1.807) is 11.6 Å². The Hall–Kier alpha value is -1.77. The summed E-state index contributed by atoms with van der Waals surface area (Å²) in [7, 11) is 0. The SMILES string of the molecule is CSc1ccc(C(=O)NCC(F)(F)F)cc1[N+](=O)[O-]. The van der Waals surface area contributed by atoms with Crippen molar-refractivity contribution in [3.8, 4) is 0 Å². The van der Waals surface area contributed by atoms with Gasteiger partial charge in [0.15, 0.2) is 0 Å². The number of thioether (sulfide) groups is 1. The minimum Gasteiger partial charge on any atom is -0.343 e. The molecule has 0 heterocycles. The van der Waals surface area contributed by atoms with Crippen LogP contribution in [0.4, 0.5) is 18.9 Å². The summed E-state index contributed by atoms with van der Waals surface area (Å²) < 4.78 is 35.8. The average Bonchev–Trinajstić information content (AvgIpc) is 2.34. The van der Waals surface area contributed by atoms with E-state index in [2.05, 4.69) is 0 Å². The Balaban J connectivity index is 2.93. The third-order valence-electron chi connectivity index (χ3n) is 2.09. The largest absolute Gasteiger partial charge is 0.405 e. The monoisotopic (exact) mass is 294 g/mol. The highest BCUT2D eigenvalue weighted by molar-refractivity contribution is 7.98. The van der Waals surface area contributed by atoms with E-state index >= 15 is 0 Å². The summed E-state index contributed by atoms with van der Waals surface area (Å²) in [5.41, 5.74) is -0.499. The van der Waals surface area contributed by atoms with E-state index in [1.807, 2.05) is 0 Å². The molecular weight excluding hydrogens is 285 g/mol. The van der Waals surface area contributed by atoms with Gasteiger partial charge in [-0.25, -0.2) is 0 Å². The van der Waals surface area contributed by atoms with Crippen LogP contribution in [0.5, 0.6) is 0 Å². The quantitative estimate of drug-likeness (QED) is 0.526. The number of nitrogens with zero attached hydrogens (tertiary/aromatic N) is 1. The topological polar surface area (TPSA) is 72.2 Å². The van der Waals surface area contributed by atoms with Crippen molar-refractivity contribution in [3.05, 3.63) is 33.9 Å². The third-order valence-corrected chi connectivity index (χ3v) is 2.87.